The lowest BCUT2D eigenvalue weighted by Crippen LogP contribution is -2.39. The molecule has 1 saturated carbocycles. The first-order chi connectivity index (χ1) is 8.63. The Kier molecular flexibility index (Phi) is 3.84. The van der Waals surface area contributed by atoms with Gasteiger partial charge < -0.3 is 10.6 Å². The molecule has 0 unspecified atom stereocenters. The molecule has 1 aliphatic carbocycles. The molecular formula is C14H19FN2O. The molecule has 0 atom stereocenters. The lowest BCUT2D eigenvalue weighted by Gasteiger charge is -2.28. The number of halogens is 1. The third kappa shape index (κ3) is 2.47. The van der Waals surface area contributed by atoms with E-state index in [0.717, 1.165) is 25.7 Å². The van der Waals surface area contributed by atoms with E-state index in [2.05, 4.69) is 0 Å². The van der Waals surface area contributed by atoms with E-state index in [1.54, 1.807) is 4.90 Å². The third-order valence-electron chi connectivity index (χ3n) is 3.59. The van der Waals surface area contributed by atoms with Gasteiger partial charge in [0.05, 0.1) is 5.56 Å². The number of rotatable bonds is 3. The van der Waals surface area contributed by atoms with E-state index in [1.807, 2.05) is 6.92 Å². The number of nitrogen functional groups attached to an aromatic ring is 1. The summed E-state index contributed by atoms with van der Waals surface area (Å²) in [7, 11) is 0. The molecule has 1 fully saturated rings. The topological polar surface area (TPSA) is 46.3 Å². The Morgan fingerprint density at radius 1 is 1.44 bits per heavy atom. The van der Waals surface area contributed by atoms with Crippen molar-refractivity contribution >= 4 is 11.6 Å². The Labute approximate surface area is 107 Å². The standard InChI is InChI=1S/C14H19FN2O/c1-2-17(11-5-3-4-6-11)14(18)12-9-10(16)7-8-13(12)15/h7-9,11H,2-6,16H2,1H3. The highest BCUT2D eigenvalue weighted by Gasteiger charge is 2.27. The van der Waals surface area contributed by atoms with Gasteiger partial charge in [-0.05, 0) is 38.0 Å². The molecule has 4 heteroatoms. The SMILES string of the molecule is CCN(C(=O)c1cc(N)ccc1F)C1CCCC1. The summed E-state index contributed by atoms with van der Waals surface area (Å²) in [6.45, 7) is 2.54. The number of nitrogens with two attached hydrogens (primary N) is 1. The van der Waals surface area contributed by atoms with Crippen LogP contribution in [0.25, 0.3) is 0 Å². The van der Waals surface area contributed by atoms with Crippen LogP contribution < -0.4 is 5.73 Å². The highest BCUT2D eigenvalue weighted by atomic mass is 19.1. The quantitative estimate of drug-likeness (QED) is 0.838. The van der Waals surface area contributed by atoms with E-state index in [1.165, 1.54) is 18.2 Å². The molecule has 2 rings (SSSR count). The first-order valence-corrected chi connectivity index (χ1v) is 6.49. The number of anilines is 1. The van der Waals surface area contributed by atoms with Crippen LogP contribution in [0.1, 0.15) is 43.0 Å². The zero-order valence-electron chi connectivity index (χ0n) is 10.7. The summed E-state index contributed by atoms with van der Waals surface area (Å²) in [4.78, 5) is 14.1. The average Bonchev–Trinajstić information content (AvgIpc) is 2.87. The highest BCUT2D eigenvalue weighted by Crippen LogP contribution is 2.25. The monoisotopic (exact) mass is 250 g/mol. The minimum atomic E-state index is -0.495. The number of carbonyl (C=O) groups is 1. The molecule has 1 aromatic carbocycles. The van der Waals surface area contributed by atoms with E-state index in [-0.39, 0.29) is 17.5 Å². The second-order valence-corrected chi connectivity index (χ2v) is 4.77. The normalized spacial score (nSPS) is 15.9. The molecule has 1 amide bonds. The van der Waals surface area contributed by atoms with Gasteiger partial charge in [0.1, 0.15) is 5.82 Å². The predicted octanol–water partition coefficient (Wildman–Crippen LogP) is 2.81. The van der Waals surface area contributed by atoms with Crippen LogP contribution >= 0.6 is 0 Å². The molecular weight excluding hydrogens is 231 g/mol. The van der Waals surface area contributed by atoms with Crippen LogP contribution in [0.5, 0.6) is 0 Å². The lowest BCUT2D eigenvalue weighted by molar-refractivity contribution is 0.0689. The van der Waals surface area contributed by atoms with Crippen LogP contribution in [0.4, 0.5) is 10.1 Å². The highest BCUT2D eigenvalue weighted by molar-refractivity contribution is 5.95. The fourth-order valence-corrected chi connectivity index (χ4v) is 2.65. The van der Waals surface area contributed by atoms with Crippen molar-refractivity contribution in [3.8, 4) is 0 Å². The van der Waals surface area contributed by atoms with Crippen molar-refractivity contribution in [1.82, 2.24) is 4.90 Å². The Morgan fingerprint density at radius 3 is 2.72 bits per heavy atom. The summed E-state index contributed by atoms with van der Waals surface area (Å²) in [6, 6.07) is 4.40. The van der Waals surface area contributed by atoms with Crippen molar-refractivity contribution in [2.75, 3.05) is 12.3 Å². The summed E-state index contributed by atoms with van der Waals surface area (Å²) in [5.41, 5.74) is 6.13. The van der Waals surface area contributed by atoms with Crippen LogP contribution in [-0.2, 0) is 0 Å². The van der Waals surface area contributed by atoms with Crippen molar-refractivity contribution in [3.05, 3.63) is 29.6 Å². The first kappa shape index (κ1) is 12.9. The number of hydrogen-bond donors (Lipinski definition) is 1. The van der Waals surface area contributed by atoms with Gasteiger partial charge >= 0.3 is 0 Å². The van der Waals surface area contributed by atoms with E-state index in [9.17, 15) is 9.18 Å². The van der Waals surface area contributed by atoms with E-state index in [4.69, 9.17) is 5.73 Å². The zero-order chi connectivity index (χ0) is 13.1. The fraction of sp³-hybridized carbons (Fsp3) is 0.500. The molecule has 0 heterocycles. The number of hydrogen-bond acceptors (Lipinski definition) is 2. The van der Waals surface area contributed by atoms with E-state index in [0.29, 0.717) is 12.2 Å². The Bertz CT molecular complexity index is 441. The Morgan fingerprint density at radius 2 is 2.11 bits per heavy atom. The molecule has 18 heavy (non-hydrogen) atoms. The van der Waals surface area contributed by atoms with Gasteiger partial charge in [0.15, 0.2) is 0 Å². The summed E-state index contributed by atoms with van der Waals surface area (Å²) in [6.07, 6.45) is 4.33. The molecule has 2 N–H and O–H groups in total. The molecule has 0 aliphatic heterocycles. The lowest BCUT2D eigenvalue weighted by atomic mass is 10.1. The van der Waals surface area contributed by atoms with Gasteiger partial charge in [-0.2, -0.15) is 0 Å². The molecule has 0 bridgehead atoms. The smallest absolute Gasteiger partial charge is 0.257 e. The fourth-order valence-electron chi connectivity index (χ4n) is 2.65. The van der Waals surface area contributed by atoms with Crippen molar-refractivity contribution in [2.24, 2.45) is 0 Å². The van der Waals surface area contributed by atoms with Crippen LogP contribution in [-0.4, -0.2) is 23.4 Å². The zero-order valence-corrected chi connectivity index (χ0v) is 10.7. The average molecular weight is 250 g/mol. The number of amides is 1. The molecule has 0 radical (unpaired) electrons. The summed E-state index contributed by atoms with van der Waals surface area (Å²) < 4.78 is 13.7. The maximum absolute atomic E-state index is 13.7. The summed E-state index contributed by atoms with van der Waals surface area (Å²) >= 11 is 0. The molecule has 0 aromatic heterocycles. The molecule has 1 aromatic rings. The first-order valence-electron chi connectivity index (χ1n) is 6.49. The van der Waals surface area contributed by atoms with Gasteiger partial charge in [-0.15, -0.1) is 0 Å². The van der Waals surface area contributed by atoms with Gasteiger partial charge in [0, 0.05) is 18.3 Å². The van der Waals surface area contributed by atoms with Crippen LogP contribution in [0.2, 0.25) is 0 Å². The maximum atomic E-state index is 13.7. The number of carbonyl (C=O) groups excluding carboxylic acids is 1. The second kappa shape index (κ2) is 5.38. The van der Waals surface area contributed by atoms with Gasteiger partial charge in [0.2, 0.25) is 0 Å². The Hall–Kier alpha value is -1.58. The van der Waals surface area contributed by atoms with Crippen LogP contribution in [0.3, 0.4) is 0 Å². The number of benzene rings is 1. The van der Waals surface area contributed by atoms with Gasteiger partial charge in [-0.3, -0.25) is 4.79 Å². The maximum Gasteiger partial charge on any atom is 0.257 e. The van der Waals surface area contributed by atoms with Crippen molar-refractivity contribution in [2.45, 2.75) is 38.6 Å². The minimum absolute atomic E-state index is 0.0868. The second-order valence-electron chi connectivity index (χ2n) is 4.77. The molecule has 0 spiro atoms. The van der Waals surface area contributed by atoms with Crippen molar-refractivity contribution in [1.29, 1.82) is 0 Å². The largest absolute Gasteiger partial charge is 0.399 e. The Balaban J connectivity index is 2.25. The molecule has 3 nitrogen and oxygen atoms in total. The summed E-state index contributed by atoms with van der Waals surface area (Å²) in [5, 5.41) is 0. The van der Waals surface area contributed by atoms with Gasteiger partial charge in [0.25, 0.3) is 5.91 Å². The molecule has 98 valence electrons. The third-order valence-corrected chi connectivity index (χ3v) is 3.59. The van der Waals surface area contributed by atoms with Crippen LogP contribution in [0.15, 0.2) is 18.2 Å². The number of nitrogens with zero attached hydrogens (tertiary/aromatic N) is 1. The van der Waals surface area contributed by atoms with Crippen molar-refractivity contribution in [3.63, 3.8) is 0 Å². The van der Waals surface area contributed by atoms with E-state index < -0.39 is 5.82 Å². The molecule has 1 aliphatic rings. The van der Waals surface area contributed by atoms with Crippen LogP contribution in [0, 0.1) is 5.82 Å². The minimum Gasteiger partial charge on any atom is -0.399 e. The predicted molar refractivity (Wildman–Crippen MR) is 69.8 cm³/mol. The van der Waals surface area contributed by atoms with Crippen molar-refractivity contribution < 1.29 is 9.18 Å². The van der Waals surface area contributed by atoms with Gasteiger partial charge in [-0.1, -0.05) is 12.8 Å². The van der Waals surface area contributed by atoms with Gasteiger partial charge in [-0.25, -0.2) is 4.39 Å². The van der Waals surface area contributed by atoms with E-state index >= 15 is 0 Å². The summed E-state index contributed by atoms with van der Waals surface area (Å²) in [5.74, 6) is -0.736. The molecule has 0 saturated heterocycles.